The van der Waals surface area contributed by atoms with Gasteiger partial charge in [-0.2, -0.15) is 0 Å². The maximum absolute atomic E-state index is 13.9. The Bertz CT molecular complexity index is 1350. The molecule has 3 rings (SSSR count). The van der Waals surface area contributed by atoms with Crippen molar-refractivity contribution in [3.05, 3.63) is 89.4 Å². The number of methoxy groups -OCH3 is 1. The highest BCUT2D eigenvalue weighted by atomic mass is 35.5. The molecule has 1 unspecified atom stereocenters. The number of anilines is 1. The predicted octanol–water partition coefficient (Wildman–Crippen LogP) is 4.53. The number of hydrogen-bond donors (Lipinski definition) is 1. The molecule has 0 aromatic heterocycles. The number of halogens is 1. The molecule has 3 aromatic rings. The zero-order chi connectivity index (χ0) is 28.4. The van der Waals surface area contributed by atoms with Gasteiger partial charge in [0.15, 0.2) is 0 Å². The van der Waals surface area contributed by atoms with Gasteiger partial charge in [-0.1, -0.05) is 67.1 Å². The van der Waals surface area contributed by atoms with Crippen LogP contribution in [0.1, 0.15) is 25.8 Å². The maximum atomic E-state index is 13.9. The minimum atomic E-state index is -4.16. The van der Waals surface area contributed by atoms with Gasteiger partial charge in [-0.15, -0.1) is 0 Å². The molecule has 0 saturated carbocycles. The van der Waals surface area contributed by atoms with Crippen LogP contribution in [0.2, 0.25) is 5.02 Å². The Hall–Kier alpha value is -3.56. The van der Waals surface area contributed by atoms with Crippen molar-refractivity contribution < 1.29 is 22.7 Å². The number of nitrogens with one attached hydrogen (secondary N) is 1. The van der Waals surface area contributed by atoms with E-state index in [0.717, 1.165) is 9.87 Å². The fraction of sp³-hybridized carbons (Fsp3) is 0.310. The lowest BCUT2D eigenvalue weighted by Gasteiger charge is -2.33. The van der Waals surface area contributed by atoms with E-state index in [0.29, 0.717) is 25.1 Å². The molecule has 0 fully saturated rings. The molecule has 10 heteroatoms. The lowest BCUT2D eigenvalue weighted by atomic mass is 10.1. The van der Waals surface area contributed by atoms with Crippen molar-refractivity contribution >= 4 is 39.1 Å². The summed E-state index contributed by atoms with van der Waals surface area (Å²) in [5.74, 6) is -0.419. The van der Waals surface area contributed by atoms with Gasteiger partial charge in [0.25, 0.3) is 10.0 Å². The summed E-state index contributed by atoms with van der Waals surface area (Å²) in [6, 6.07) is 21.3. The lowest BCUT2D eigenvalue weighted by molar-refractivity contribution is -0.139. The number of carbonyl (C=O) groups is 2. The molecule has 0 saturated heterocycles. The van der Waals surface area contributed by atoms with Crippen LogP contribution in [0.15, 0.2) is 83.8 Å². The molecule has 0 aliphatic carbocycles. The summed E-state index contributed by atoms with van der Waals surface area (Å²) in [6.45, 7) is 3.76. The molecule has 0 radical (unpaired) electrons. The van der Waals surface area contributed by atoms with E-state index in [9.17, 15) is 18.0 Å². The predicted molar refractivity (Wildman–Crippen MR) is 154 cm³/mol. The monoisotopic (exact) mass is 571 g/mol. The van der Waals surface area contributed by atoms with Gasteiger partial charge in [0.1, 0.15) is 18.3 Å². The zero-order valence-corrected chi connectivity index (χ0v) is 23.9. The second kappa shape index (κ2) is 14.0. The summed E-state index contributed by atoms with van der Waals surface area (Å²) in [6.07, 6.45) is 0.869. The molecule has 1 atom stereocenters. The van der Waals surface area contributed by atoms with Crippen molar-refractivity contribution in [3.63, 3.8) is 0 Å². The highest BCUT2D eigenvalue weighted by molar-refractivity contribution is 7.92. The summed E-state index contributed by atoms with van der Waals surface area (Å²) in [7, 11) is -2.71. The Morgan fingerprint density at radius 1 is 0.974 bits per heavy atom. The van der Waals surface area contributed by atoms with Crippen molar-refractivity contribution in [1.82, 2.24) is 10.2 Å². The van der Waals surface area contributed by atoms with Gasteiger partial charge in [0, 0.05) is 13.1 Å². The number of sulfonamides is 1. The fourth-order valence-electron chi connectivity index (χ4n) is 4.25. The van der Waals surface area contributed by atoms with Crippen LogP contribution in [0.4, 0.5) is 5.69 Å². The third-order valence-electron chi connectivity index (χ3n) is 6.25. The second-order valence-electron chi connectivity index (χ2n) is 8.78. The Morgan fingerprint density at radius 2 is 1.62 bits per heavy atom. The van der Waals surface area contributed by atoms with Crippen molar-refractivity contribution in [2.45, 2.75) is 37.6 Å². The number of benzene rings is 3. The van der Waals surface area contributed by atoms with Crippen molar-refractivity contribution in [3.8, 4) is 5.75 Å². The molecule has 0 heterocycles. The SMILES string of the molecule is CCNC(=O)C(CC)N(CCc1ccccc1)C(=O)CN(c1ccc(OC)c(Cl)c1)S(=O)(=O)c1ccccc1. The number of amides is 2. The van der Waals surface area contributed by atoms with Crippen LogP contribution < -0.4 is 14.4 Å². The van der Waals surface area contributed by atoms with Crippen LogP contribution in [-0.2, 0) is 26.0 Å². The van der Waals surface area contributed by atoms with Gasteiger partial charge in [-0.05, 0) is 55.7 Å². The number of likely N-dealkylation sites (N-methyl/N-ethyl adjacent to an activating group) is 1. The van der Waals surface area contributed by atoms with Crippen LogP contribution in [0.25, 0.3) is 0 Å². The molecule has 1 N–H and O–H groups in total. The van der Waals surface area contributed by atoms with Crippen molar-refractivity contribution in [2.24, 2.45) is 0 Å². The van der Waals surface area contributed by atoms with Gasteiger partial charge < -0.3 is 15.0 Å². The van der Waals surface area contributed by atoms with Crippen LogP contribution >= 0.6 is 11.6 Å². The van der Waals surface area contributed by atoms with E-state index in [2.05, 4.69) is 5.32 Å². The Morgan fingerprint density at radius 3 is 2.18 bits per heavy atom. The van der Waals surface area contributed by atoms with E-state index in [-0.39, 0.29) is 28.1 Å². The average Bonchev–Trinajstić information content (AvgIpc) is 2.94. The van der Waals surface area contributed by atoms with Crippen LogP contribution in [0.3, 0.4) is 0 Å². The van der Waals surface area contributed by atoms with Crippen LogP contribution in [0, 0.1) is 0 Å². The minimum Gasteiger partial charge on any atom is -0.495 e. The second-order valence-corrected chi connectivity index (χ2v) is 11.1. The lowest BCUT2D eigenvalue weighted by Crippen LogP contribution is -2.53. The van der Waals surface area contributed by atoms with Crippen molar-refractivity contribution in [1.29, 1.82) is 0 Å². The molecule has 39 heavy (non-hydrogen) atoms. The third-order valence-corrected chi connectivity index (χ3v) is 8.34. The molecule has 208 valence electrons. The standard InChI is InChI=1S/C29H34ClN3O5S/c1-4-26(29(35)31-5-2)32(19-18-22-12-8-6-9-13-22)28(34)21-33(23-16-17-27(38-3)25(30)20-23)39(36,37)24-14-10-7-11-15-24/h6-17,20,26H,4-5,18-19,21H2,1-3H3,(H,31,35). The third kappa shape index (κ3) is 7.52. The molecular formula is C29H34ClN3O5S. The molecule has 0 spiro atoms. The summed E-state index contributed by atoms with van der Waals surface area (Å²) in [4.78, 5) is 28.4. The minimum absolute atomic E-state index is 0.0244. The van der Waals surface area contributed by atoms with Crippen molar-refractivity contribution in [2.75, 3.05) is 31.0 Å². The number of carbonyl (C=O) groups excluding carboxylic acids is 2. The molecule has 0 bridgehead atoms. The molecule has 0 aliphatic heterocycles. The summed E-state index contributed by atoms with van der Waals surface area (Å²) >= 11 is 6.34. The molecule has 8 nitrogen and oxygen atoms in total. The first-order valence-electron chi connectivity index (χ1n) is 12.7. The van der Waals surface area contributed by atoms with Gasteiger partial charge in [-0.25, -0.2) is 8.42 Å². The summed E-state index contributed by atoms with van der Waals surface area (Å²) < 4.78 is 33.9. The molecular weight excluding hydrogens is 538 g/mol. The first kappa shape index (κ1) is 30.0. The number of hydrogen-bond acceptors (Lipinski definition) is 5. The topological polar surface area (TPSA) is 96.0 Å². The van der Waals surface area contributed by atoms with E-state index >= 15 is 0 Å². The highest BCUT2D eigenvalue weighted by Gasteiger charge is 2.33. The fourth-order valence-corrected chi connectivity index (χ4v) is 5.93. The van der Waals surface area contributed by atoms with Crippen LogP contribution in [-0.4, -0.2) is 57.9 Å². The zero-order valence-electron chi connectivity index (χ0n) is 22.3. The molecule has 3 aromatic carbocycles. The van der Waals surface area contributed by atoms with Crippen LogP contribution in [0.5, 0.6) is 5.75 Å². The molecule has 0 aliphatic rings. The first-order chi connectivity index (χ1) is 18.7. The normalized spacial score (nSPS) is 11.9. The van der Waals surface area contributed by atoms with E-state index in [1.165, 1.54) is 36.3 Å². The Balaban J connectivity index is 2.03. The summed E-state index contributed by atoms with van der Waals surface area (Å²) in [5, 5.41) is 2.99. The molecule has 2 amide bonds. The number of rotatable bonds is 13. The van der Waals surface area contributed by atoms with Gasteiger partial charge >= 0.3 is 0 Å². The quantitative estimate of drug-likeness (QED) is 0.325. The van der Waals surface area contributed by atoms with E-state index in [1.54, 1.807) is 24.3 Å². The van der Waals surface area contributed by atoms with E-state index in [1.807, 2.05) is 44.2 Å². The largest absolute Gasteiger partial charge is 0.495 e. The number of nitrogens with zero attached hydrogens (tertiary/aromatic N) is 2. The Kier molecular flexibility index (Phi) is 10.8. The van der Waals surface area contributed by atoms with Gasteiger partial charge in [0.05, 0.1) is 22.7 Å². The number of ether oxygens (including phenoxy) is 1. The van der Waals surface area contributed by atoms with Gasteiger partial charge in [0.2, 0.25) is 11.8 Å². The Labute approximate surface area is 235 Å². The van der Waals surface area contributed by atoms with E-state index < -0.39 is 28.5 Å². The van der Waals surface area contributed by atoms with Gasteiger partial charge in [-0.3, -0.25) is 13.9 Å². The smallest absolute Gasteiger partial charge is 0.264 e. The first-order valence-corrected chi connectivity index (χ1v) is 14.6. The highest BCUT2D eigenvalue weighted by Crippen LogP contribution is 2.32. The summed E-state index contributed by atoms with van der Waals surface area (Å²) in [5.41, 5.74) is 1.20. The maximum Gasteiger partial charge on any atom is 0.264 e. The van der Waals surface area contributed by atoms with E-state index in [4.69, 9.17) is 16.3 Å². The average molecular weight is 572 g/mol.